The number of carbonyl (C=O) groups excluding carboxylic acids is 3. The maximum absolute atomic E-state index is 13.8. The van der Waals surface area contributed by atoms with Gasteiger partial charge in [-0.15, -0.1) is 0 Å². The summed E-state index contributed by atoms with van der Waals surface area (Å²) in [6.07, 6.45) is 2.86. The van der Waals surface area contributed by atoms with Gasteiger partial charge in [0.25, 0.3) is 18.2 Å². The maximum atomic E-state index is 13.8. The third kappa shape index (κ3) is 4.47. The number of alkyl halides is 2. The number of nitrogens with zero attached hydrogens (tertiary/aromatic N) is 2. The number of benzene rings is 1. The summed E-state index contributed by atoms with van der Waals surface area (Å²) in [7, 11) is 0. The molecule has 0 spiro atoms. The Labute approximate surface area is 185 Å². The van der Waals surface area contributed by atoms with E-state index in [4.69, 9.17) is 10.5 Å². The van der Waals surface area contributed by atoms with E-state index < -0.39 is 30.2 Å². The number of hydrogen-bond acceptors (Lipinski definition) is 5. The fourth-order valence-electron chi connectivity index (χ4n) is 4.54. The van der Waals surface area contributed by atoms with Crippen molar-refractivity contribution >= 4 is 29.1 Å². The second-order valence-corrected chi connectivity index (χ2v) is 8.58. The molecule has 2 saturated carbocycles. The minimum Gasteiger partial charge on any atom is -0.370 e. The van der Waals surface area contributed by atoms with Crippen molar-refractivity contribution in [3.8, 4) is 0 Å². The summed E-state index contributed by atoms with van der Waals surface area (Å²) < 4.78 is 32.7. The summed E-state index contributed by atoms with van der Waals surface area (Å²) in [4.78, 5) is 40.6. The molecule has 3 N–H and O–H groups in total. The van der Waals surface area contributed by atoms with Crippen LogP contribution in [0.15, 0.2) is 18.2 Å². The molecule has 10 heteroatoms. The molecule has 0 aromatic heterocycles. The lowest BCUT2D eigenvalue weighted by molar-refractivity contribution is -0.138. The molecule has 1 aromatic rings. The highest BCUT2D eigenvalue weighted by atomic mass is 19.3. The van der Waals surface area contributed by atoms with Crippen LogP contribution in [0.5, 0.6) is 0 Å². The summed E-state index contributed by atoms with van der Waals surface area (Å²) in [5.74, 6) is -1.77. The number of morpholine rings is 1. The number of hydrogen-bond donors (Lipinski definition) is 2. The molecule has 8 nitrogen and oxygen atoms in total. The van der Waals surface area contributed by atoms with Gasteiger partial charge in [0.05, 0.1) is 12.3 Å². The van der Waals surface area contributed by atoms with Gasteiger partial charge in [0.15, 0.2) is 6.04 Å². The highest BCUT2D eigenvalue weighted by Crippen LogP contribution is 2.36. The maximum Gasteiger partial charge on any atom is 0.265 e. The zero-order valence-corrected chi connectivity index (χ0v) is 17.8. The fraction of sp³-hybridized carbons (Fsp3) is 0.591. The lowest BCUT2D eigenvalue weighted by atomic mass is 9.83. The summed E-state index contributed by atoms with van der Waals surface area (Å²) >= 11 is 0. The Morgan fingerprint density at radius 3 is 2.31 bits per heavy atom. The minimum absolute atomic E-state index is 0.0864. The van der Waals surface area contributed by atoms with E-state index in [1.54, 1.807) is 0 Å². The van der Waals surface area contributed by atoms with Crippen molar-refractivity contribution in [1.29, 1.82) is 0 Å². The van der Waals surface area contributed by atoms with Gasteiger partial charge in [-0.3, -0.25) is 19.3 Å². The van der Waals surface area contributed by atoms with Gasteiger partial charge >= 0.3 is 0 Å². The first-order valence-corrected chi connectivity index (χ1v) is 11.0. The van der Waals surface area contributed by atoms with Crippen molar-refractivity contribution in [3.63, 3.8) is 0 Å². The molecule has 4 rings (SSSR count). The van der Waals surface area contributed by atoms with Crippen LogP contribution in [-0.4, -0.2) is 60.5 Å². The van der Waals surface area contributed by atoms with Crippen LogP contribution in [0.2, 0.25) is 0 Å². The summed E-state index contributed by atoms with van der Waals surface area (Å²) in [6.45, 7) is 0.261. The quantitative estimate of drug-likeness (QED) is 0.591. The van der Waals surface area contributed by atoms with E-state index in [0.717, 1.165) is 44.6 Å². The number of ether oxygens (including phenoxy) is 1. The predicted molar refractivity (Wildman–Crippen MR) is 113 cm³/mol. The van der Waals surface area contributed by atoms with Crippen molar-refractivity contribution in [2.24, 2.45) is 5.73 Å². The average molecular weight is 450 g/mol. The first-order valence-electron chi connectivity index (χ1n) is 11.0. The van der Waals surface area contributed by atoms with Gasteiger partial charge in [-0.25, -0.2) is 8.78 Å². The topological polar surface area (TPSA) is 105 Å². The third-order valence-electron chi connectivity index (χ3n) is 6.62. The Kier molecular flexibility index (Phi) is 6.71. The third-order valence-corrected chi connectivity index (χ3v) is 6.62. The van der Waals surface area contributed by atoms with Gasteiger partial charge < -0.3 is 20.7 Å². The van der Waals surface area contributed by atoms with Crippen molar-refractivity contribution in [2.45, 2.75) is 63.1 Å². The molecular formula is C22H28F2N4O4. The van der Waals surface area contributed by atoms with Crippen LogP contribution >= 0.6 is 0 Å². The van der Waals surface area contributed by atoms with Gasteiger partial charge in [0.2, 0.25) is 5.91 Å². The van der Waals surface area contributed by atoms with Crippen LogP contribution in [0, 0.1) is 0 Å². The minimum atomic E-state index is -2.86. The van der Waals surface area contributed by atoms with Crippen molar-refractivity contribution in [3.05, 3.63) is 23.8 Å². The zero-order valence-electron chi connectivity index (χ0n) is 17.8. The summed E-state index contributed by atoms with van der Waals surface area (Å²) in [6, 6.07) is 3.10. The lowest BCUT2D eigenvalue weighted by Gasteiger charge is -2.48. The van der Waals surface area contributed by atoms with Gasteiger partial charge in [-0.1, -0.05) is 12.8 Å². The lowest BCUT2D eigenvalue weighted by Crippen LogP contribution is -2.62. The van der Waals surface area contributed by atoms with Gasteiger partial charge in [0, 0.05) is 29.9 Å². The Balaban J connectivity index is 1.56. The highest BCUT2D eigenvalue weighted by Gasteiger charge is 2.43. The summed E-state index contributed by atoms with van der Waals surface area (Å²) in [5, 5.41) is 2.60. The van der Waals surface area contributed by atoms with Crippen LogP contribution in [-0.2, 0) is 19.1 Å². The standard InChI is InChI=1S/C22H28F2N4O4/c23-20(24)16-11-13(7-8-17(16)27-9-10-32-12-18(27)29)26-22(31)19(21(25)30)28(14-3-1-4-14)15-5-2-6-15/h7-8,11,14-15,19-20H,1-6,9-10,12H2,(H2,25,30)(H,26,31)/t19-/m0/s1. The second-order valence-electron chi connectivity index (χ2n) is 8.58. The number of anilines is 2. The Morgan fingerprint density at radius 2 is 1.81 bits per heavy atom. The first-order chi connectivity index (χ1) is 15.4. The number of halogens is 2. The van der Waals surface area contributed by atoms with E-state index in [2.05, 4.69) is 5.32 Å². The number of nitrogens with one attached hydrogen (secondary N) is 1. The van der Waals surface area contributed by atoms with Crippen LogP contribution in [0.4, 0.5) is 20.2 Å². The molecule has 1 atom stereocenters. The van der Waals surface area contributed by atoms with E-state index >= 15 is 0 Å². The molecule has 1 saturated heterocycles. The molecule has 0 radical (unpaired) electrons. The van der Waals surface area contributed by atoms with Crippen LogP contribution in [0.25, 0.3) is 0 Å². The SMILES string of the molecule is NC(=O)[C@@H](C(=O)Nc1ccc(N2CCOCC2=O)c(C(F)F)c1)N(C1CCC1)C1CCC1. The molecule has 3 amide bonds. The highest BCUT2D eigenvalue weighted by molar-refractivity contribution is 6.09. The van der Waals surface area contributed by atoms with Gasteiger partial charge in [0.1, 0.15) is 6.61 Å². The van der Waals surface area contributed by atoms with E-state index in [-0.39, 0.29) is 48.8 Å². The van der Waals surface area contributed by atoms with Crippen LogP contribution in [0.3, 0.4) is 0 Å². The molecule has 0 bridgehead atoms. The van der Waals surface area contributed by atoms with E-state index in [0.29, 0.717) is 0 Å². The Hall–Kier alpha value is -2.59. The average Bonchev–Trinajstić information content (AvgIpc) is 2.65. The molecule has 2 aliphatic carbocycles. The van der Waals surface area contributed by atoms with Crippen molar-refractivity contribution in [2.75, 3.05) is 30.0 Å². The molecule has 1 aromatic carbocycles. The smallest absolute Gasteiger partial charge is 0.265 e. The second kappa shape index (κ2) is 9.50. The largest absolute Gasteiger partial charge is 0.370 e. The van der Waals surface area contributed by atoms with Crippen LogP contribution < -0.4 is 16.0 Å². The van der Waals surface area contributed by atoms with E-state index in [1.165, 1.54) is 17.0 Å². The van der Waals surface area contributed by atoms with E-state index in [9.17, 15) is 23.2 Å². The number of amides is 3. The van der Waals surface area contributed by atoms with Crippen molar-refractivity contribution in [1.82, 2.24) is 4.90 Å². The van der Waals surface area contributed by atoms with Crippen LogP contribution in [0.1, 0.15) is 50.5 Å². The summed E-state index contributed by atoms with van der Waals surface area (Å²) in [5.41, 5.74) is 5.47. The Morgan fingerprint density at radius 1 is 1.16 bits per heavy atom. The predicted octanol–water partition coefficient (Wildman–Crippen LogP) is 2.19. The molecular weight excluding hydrogens is 422 g/mol. The molecule has 3 fully saturated rings. The molecule has 3 aliphatic rings. The van der Waals surface area contributed by atoms with Gasteiger partial charge in [-0.2, -0.15) is 0 Å². The Bertz CT molecular complexity index is 875. The number of rotatable bonds is 8. The fourth-order valence-corrected chi connectivity index (χ4v) is 4.54. The molecule has 32 heavy (non-hydrogen) atoms. The number of carbonyl (C=O) groups is 3. The number of primary amides is 1. The first kappa shape index (κ1) is 22.6. The van der Waals surface area contributed by atoms with E-state index in [1.807, 2.05) is 4.90 Å². The van der Waals surface area contributed by atoms with Gasteiger partial charge in [-0.05, 0) is 43.9 Å². The molecule has 1 aliphatic heterocycles. The van der Waals surface area contributed by atoms with Crippen molar-refractivity contribution < 1.29 is 27.9 Å². The molecule has 0 unspecified atom stereocenters. The zero-order chi connectivity index (χ0) is 22.8. The molecule has 1 heterocycles. The normalized spacial score (nSPS) is 20.8. The monoisotopic (exact) mass is 450 g/mol. The molecule has 174 valence electrons. The number of nitrogens with two attached hydrogens (primary N) is 1.